The van der Waals surface area contributed by atoms with Gasteiger partial charge in [-0.3, -0.25) is 4.79 Å². The molecule has 3 aromatic rings. The highest BCUT2D eigenvalue weighted by atomic mass is 19.1. The maximum absolute atomic E-state index is 12.9. The van der Waals surface area contributed by atoms with Gasteiger partial charge in [0, 0.05) is 0 Å². The number of nitrogens with one attached hydrogen (secondary N) is 1. The van der Waals surface area contributed by atoms with E-state index in [1.807, 2.05) is 31.2 Å². The Balaban J connectivity index is 1.62. The van der Waals surface area contributed by atoms with Gasteiger partial charge in [0.15, 0.2) is 6.61 Å². The molecule has 1 amide bonds. The van der Waals surface area contributed by atoms with Gasteiger partial charge in [-0.1, -0.05) is 24.3 Å². The van der Waals surface area contributed by atoms with Gasteiger partial charge in [-0.15, -0.1) is 0 Å². The SMILES string of the molecule is C[C@@H](NC(=O)COc1ncnc2ccccc12)c1ccc(F)cc1. The molecular formula is C18H16FN3O2. The summed E-state index contributed by atoms with van der Waals surface area (Å²) in [4.78, 5) is 20.3. The highest BCUT2D eigenvalue weighted by Gasteiger charge is 2.11. The molecule has 0 saturated heterocycles. The van der Waals surface area contributed by atoms with Crippen LogP contribution in [0.5, 0.6) is 5.88 Å². The number of nitrogens with zero attached hydrogens (tertiary/aromatic N) is 2. The average Bonchev–Trinajstić information content (AvgIpc) is 2.60. The lowest BCUT2D eigenvalue weighted by molar-refractivity contribution is -0.123. The summed E-state index contributed by atoms with van der Waals surface area (Å²) in [5.41, 5.74) is 1.57. The van der Waals surface area contributed by atoms with Crippen LogP contribution >= 0.6 is 0 Å². The van der Waals surface area contributed by atoms with Crippen molar-refractivity contribution in [3.63, 3.8) is 0 Å². The van der Waals surface area contributed by atoms with Crippen molar-refractivity contribution in [2.75, 3.05) is 6.61 Å². The predicted molar refractivity (Wildman–Crippen MR) is 88.0 cm³/mol. The number of carbonyl (C=O) groups is 1. The number of hydrogen-bond donors (Lipinski definition) is 1. The van der Waals surface area contributed by atoms with E-state index in [1.54, 1.807) is 12.1 Å². The van der Waals surface area contributed by atoms with Gasteiger partial charge < -0.3 is 10.1 Å². The van der Waals surface area contributed by atoms with Crippen molar-refractivity contribution in [2.24, 2.45) is 0 Å². The molecular weight excluding hydrogens is 309 g/mol. The summed E-state index contributed by atoms with van der Waals surface area (Å²) >= 11 is 0. The molecule has 5 nitrogen and oxygen atoms in total. The van der Waals surface area contributed by atoms with Crippen molar-refractivity contribution < 1.29 is 13.9 Å². The number of rotatable bonds is 5. The minimum absolute atomic E-state index is 0.160. The standard InChI is InChI=1S/C18H16FN3O2/c1-12(13-6-8-14(19)9-7-13)22-17(23)10-24-18-15-4-2-3-5-16(15)20-11-21-18/h2-9,11-12H,10H2,1H3,(H,22,23)/t12-/m1/s1. The number of hydrogen-bond acceptors (Lipinski definition) is 4. The zero-order chi connectivity index (χ0) is 16.9. The normalized spacial score (nSPS) is 11.9. The second kappa shape index (κ2) is 7.04. The van der Waals surface area contributed by atoms with E-state index in [2.05, 4.69) is 15.3 Å². The van der Waals surface area contributed by atoms with Gasteiger partial charge in [0.2, 0.25) is 5.88 Å². The maximum atomic E-state index is 12.9. The molecule has 1 aromatic heterocycles. The van der Waals surface area contributed by atoms with E-state index in [0.29, 0.717) is 5.88 Å². The van der Waals surface area contributed by atoms with Gasteiger partial charge in [0.05, 0.1) is 16.9 Å². The van der Waals surface area contributed by atoms with Crippen molar-refractivity contribution in [1.82, 2.24) is 15.3 Å². The monoisotopic (exact) mass is 325 g/mol. The molecule has 6 heteroatoms. The minimum atomic E-state index is -0.309. The Morgan fingerprint density at radius 2 is 1.92 bits per heavy atom. The fourth-order valence-corrected chi connectivity index (χ4v) is 2.35. The van der Waals surface area contributed by atoms with Crippen molar-refractivity contribution in [3.8, 4) is 5.88 Å². The summed E-state index contributed by atoms with van der Waals surface area (Å²) < 4.78 is 18.4. The van der Waals surface area contributed by atoms with Crippen LogP contribution in [0.3, 0.4) is 0 Å². The number of para-hydroxylation sites is 1. The van der Waals surface area contributed by atoms with Crippen LogP contribution < -0.4 is 10.1 Å². The molecule has 2 aromatic carbocycles. The molecule has 1 N–H and O–H groups in total. The highest BCUT2D eigenvalue weighted by molar-refractivity contribution is 5.84. The molecule has 0 radical (unpaired) electrons. The zero-order valence-corrected chi connectivity index (χ0v) is 13.1. The maximum Gasteiger partial charge on any atom is 0.258 e. The third-order valence-electron chi connectivity index (χ3n) is 3.59. The Hall–Kier alpha value is -3.02. The lowest BCUT2D eigenvalue weighted by atomic mass is 10.1. The summed E-state index contributed by atoms with van der Waals surface area (Å²) in [5.74, 6) is -0.226. The van der Waals surface area contributed by atoms with Crippen LogP contribution in [-0.2, 0) is 4.79 Å². The number of ether oxygens (including phenoxy) is 1. The fourth-order valence-electron chi connectivity index (χ4n) is 2.35. The van der Waals surface area contributed by atoms with Crippen molar-refractivity contribution in [2.45, 2.75) is 13.0 Å². The lowest BCUT2D eigenvalue weighted by Crippen LogP contribution is -2.31. The molecule has 3 rings (SSSR count). The largest absolute Gasteiger partial charge is 0.467 e. The molecule has 0 aliphatic carbocycles. The summed E-state index contributed by atoms with van der Waals surface area (Å²) in [5, 5.41) is 3.55. The number of halogens is 1. The second-order valence-electron chi connectivity index (χ2n) is 5.33. The minimum Gasteiger partial charge on any atom is -0.467 e. The van der Waals surface area contributed by atoms with E-state index < -0.39 is 0 Å². The van der Waals surface area contributed by atoms with E-state index in [9.17, 15) is 9.18 Å². The third-order valence-corrected chi connectivity index (χ3v) is 3.59. The molecule has 0 bridgehead atoms. The van der Waals surface area contributed by atoms with Crippen molar-refractivity contribution in [1.29, 1.82) is 0 Å². The third kappa shape index (κ3) is 3.65. The van der Waals surface area contributed by atoms with E-state index in [-0.39, 0.29) is 24.4 Å². The fraction of sp³-hybridized carbons (Fsp3) is 0.167. The number of carbonyl (C=O) groups excluding carboxylic acids is 1. The first-order valence-electron chi connectivity index (χ1n) is 7.51. The summed E-state index contributed by atoms with van der Waals surface area (Å²) in [7, 11) is 0. The van der Waals surface area contributed by atoms with Gasteiger partial charge >= 0.3 is 0 Å². The first-order chi connectivity index (χ1) is 11.6. The Bertz CT molecular complexity index is 847. The lowest BCUT2D eigenvalue weighted by Gasteiger charge is -2.14. The van der Waals surface area contributed by atoms with Crippen LogP contribution in [0.15, 0.2) is 54.9 Å². The molecule has 1 atom stereocenters. The number of fused-ring (bicyclic) bond motifs is 1. The van der Waals surface area contributed by atoms with Crippen LogP contribution in [0.1, 0.15) is 18.5 Å². The smallest absolute Gasteiger partial charge is 0.258 e. The van der Waals surface area contributed by atoms with Gasteiger partial charge in [-0.25, -0.2) is 14.4 Å². The van der Waals surface area contributed by atoms with E-state index in [0.717, 1.165) is 16.5 Å². The second-order valence-corrected chi connectivity index (χ2v) is 5.33. The summed E-state index contributed by atoms with van der Waals surface area (Å²) in [6, 6.07) is 13.2. The summed E-state index contributed by atoms with van der Waals surface area (Å²) in [6.45, 7) is 1.66. The number of benzene rings is 2. The topological polar surface area (TPSA) is 64.1 Å². The zero-order valence-electron chi connectivity index (χ0n) is 13.1. The molecule has 0 unspecified atom stereocenters. The molecule has 24 heavy (non-hydrogen) atoms. The van der Waals surface area contributed by atoms with Gasteiger partial charge in [0.1, 0.15) is 12.1 Å². The molecule has 0 aliphatic heterocycles. The van der Waals surface area contributed by atoms with Crippen LogP contribution in [-0.4, -0.2) is 22.5 Å². The van der Waals surface area contributed by atoms with Crippen LogP contribution in [0, 0.1) is 5.82 Å². The summed E-state index contributed by atoms with van der Waals surface area (Å²) in [6.07, 6.45) is 1.40. The number of aromatic nitrogens is 2. The van der Waals surface area contributed by atoms with Crippen LogP contribution in [0.25, 0.3) is 10.9 Å². The van der Waals surface area contributed by atoms with E-state index in [1.165, 1.54) is 18.5 Å². The van der Waals surface area contributed by atoms with Crippen LogP contribution in [0.4, 0.5) is 4.39 Å². The number of amides is 1. The van der Waals surface area contributed by atoms with Crippen molar-refractivity contribution >= 4 is 16.8 Å². The van der Waals surface area contributed by atoms with E-state index >= 15 is 0 Å². The van der Waals surface area contributed by atoms with Crippen molar-refractivity contribution in [3.05, 3.63) is 66.2 Å². The molecule has 0 spiro atoms. The van der Waals surface area contributed by atoms with Gasteiger partial charge in [-0.05, 0) is 36.8 Å². The first-order valence-corrected chi connectivity index (χ1v) is 7.51. The van der Waals surface area contributed by atoms with E-state index in [4.69, 9.17) is 4.74 Å². The first kappa shape index (κ1) is 15.9. The Labute approximate surface area is 138 Å². The molecule has 1 heterocycles. The molecule has 0 fully saturated rings. The molecule has 0 saturated carbocycles. The predicted octanol–water partition coefficient (Wildman–Crippen LogP) is 3.03. The Morgan fingerprint density at radius 1 is 1.17 bits per heavy atom. The average molecular weight is 325 g/mol. The van der Waals surface area contributed by atoms with Crippen LogP contribution in [0.2, 0.25) is 0 Å². The highest BCUT2D eigenvalue weighted by Crippen LogP contribution is 2.20. The Kier molecular flexibility index (Phi) is 4.65. The van der Waals surface area contributed by atoms with Gasteiger partial charge in [0.25, 0.3) is 5.91 Å². The van der Waals surface area contributed by atoms with Gasteiger partial charge in [-0.2, -0.15) is 0 Å². The Morgan fingerprint density at radius 3 is 2.71 bits per heavy atom. The molecule has 0 aliphatic rings. The quantitative estimate of drug-likeness (QED) is 0.783. The molecule has 122 valence electrons.